The van der Waals surface area contributed by atoms with Crippen molar-refractivity contribution in [2.45, 2.75) is 18.9 Å². The van der Waals surface area contributed by atoms with Crippen molar-refractivity contribution in [1.82, 2.24) is 4.90 Å². The van der Waals surface area contributed by atoms with E-state index in [0.717, 1.165) is 25.0 Å². The monoisotopic (exact) mass is 267 g/mol. The molecule has 1 aromatic rings. The van der Waals surface area contributed by atoms with Crippen LogP contribution >= 0.6 is 0 Å². The van der Waals surface area contributed by atoms with E-state index in [1.807, 2.05) is 0 Å². The first-order chi connectivity index (χ1) is 9.06. The second kappa shape index (κ2) is 4.56. The molecule has 1 N–H and O–H groups in total. The lowest BCUT2D eigenvalue weighted by molar-refractivity contribution is 0.0748. The molecule has 5 heteroatoms. The molecule has 3 rings (SSSR count). The van der Waals surface area contributed by atoms with Crippen LogP contribution in [0.2, 0.25) is 0 Å². The smallest absolute Gasteiger partial charge is 0.256 e. The van der Waals surface area contributed by atoms with Crippen LogP contribution in [0.4, 0.5) is 8.78 Å². The average Bonchev–Trinajstić information content (AvgIpc) is 2.91. The number of hydrogen-bond acceptors (Lipinski definition) is 2. The van der Waals surface area contributed by atoms with Gasteiger partial charge in [-0.3, -0.25) is 4.79 Å². The van der Waals surface area contributed by atoms with Gasteiger partial charge in [-0.2, -0.15) is 0 Å². The molecule has 2 aliphatic rings. The van der Waals surface area contributed by atoms with E-state index < -0.39 is 17.5 Å². The minimum absolute atomic E-state index is 0.101. The fourth-order valence-electron chi connectivity index (χ4n) is 3.24. The van der Waals surface area contributed by atoms with Gasteiger partial charge in [0.25, 0.3) is 5.91 Å². The summed E-state index contributed by atoms with van der Waals surface area (Å²) in [6.45, 7) is 1.01. The van der Waals surface area contributed by atoms with Crippen LogP contribution in [0.15, 0.2) is 18.2 Å². The molecule has 0 aromatic heterocycles. The Morgan fingerprint density at radius 2 is 2.05 bits per heavy atom. The summed E-state index contributed by atoms with van der Waals surface area (Å²) in [6.07, 6.45) is 1.32. The summed E-state index contributed by atoms with van der Waals surface area (Å²) in [5, 5.41) is 9.80. The SMILES string of the molecule is O=C(c1ccc(F)cc1F)N1CC2CCC(O)C2C1. The summed E-state index contributed by atoms with van der Waals surface area (Å²) in [4.78, 5) is 13.8. The Morgan fingerprint density at radius 3 is 2.74 bits per heavy atom. The zero-order valence-electron chi connectivity index (χ0n) is 10.4. The Hall–Kier alpha value is -1.49. The highest BCUT2D eigenvalue weighted by Crippen LogP contribution is 2.38. The summed E-state index contributed by atoms with van der Waals surface area (Å²) in [6, 6.07) is 2.98. The molecule has 2 fully saturated rings. The van der Waals surface area contributed by atoms with Crippen LogP contribution in [0.5, 0.6) is 0 Å². The fraction of sp³-hybridized carbons (Fsp3) is 0.500. The van der Waals surface area contributed by atoms with Crippen molar-refractivity contribution in [1.29, 1.82) is 0 Å². The largest absolute Gasteiger partial charge is 0.393 e. The zero-order valence-corrected chi connectivity index (χ0v) is 10.4. The molecule has 1 saturated heterocycles. The van der Waals surface area contributed by atoms with Crippen molar-refractivity contribution < 1.29 is 18.7 Å². The number of carbonyl (C=O) groups is 1. The minimum Gasteiger partial charge on any atom is -0.393 e. The van der Waals surface area contributed by atoms with Gasteiger partial charge in [0.2, 0.25) is 0 Å². The van der Waals surface area contributed by atoms with Crippen molar-refractivity contribution in [2.75, 3.05) is 13.1 Å². The summed E-state index contributed by atoms with van der Waals surface area (Å²) in [7, 11) is 0. The third-order valence-electron chi connectivity index (χ3n) is 4.27. The Balaban J connectivity index is 1.78. The second-order valence-electron chi connectivity index (χ2n) is 5.40. The molecule has 19 heavy (non-hydrogen) atoms. The number of fused-ring (bicyclic) bond motifs is 1. The van der Waals surface area contributed by atoms with E-state index >= 15 is 0 Å². The predicted octanol–water partition coefficient (Wildman–Crippen LogP) is 1.81. The molecule has 3 atom stereocenters. The standard InChI is InChI=1S/C14H15F2NO2/c15-9-2-3-10(12(16)5-9)14(19)17-6-8-1-4-13(18)11(8)7-17/h2-3,5,8,11,13,18H,1,4,6-7H2. The van der Waals surface area contributed by atoms with E-state index in [4.69, 9.17) is 0 Å². The molecule has 1 aliphatic heterocycles. The Morgan fingerprint density at radius 1 is 1.26 bits per heavy atom. The average molecular weight is 267 g/mol. The maximum Gasteiger partial charge on any atom is 0.256 e. The summed E-state index contributed by atoms with van der Waals surface area (Å²) >= 11 is 0. The number of aliphatic hydroxyl groups excluding tert-OH is 1. The van der Waals surface area contributed by atoms with E-state index in [1.165, 1.54) is 6.07 Å². The van der Waals surface area contributed by atoms with Crippen LogP contribution in [-0.4, -0.2) is 35.1 Å². The Labute approximate surface area is 109 Å². The van der Waals surface area contributed by atoms with Gasteiger partial charge < -0.3 is 10.0 Å². The van der Waals surface area contributed by atoms with Crippen molar-refractivity contribution in [3.05, 3.63) is 35.4 Å². The quantitative estimate of drug-likeness (QED) is 0.843. The van der Waals surface area contributed by atoms with Gasteiger partial charge in [0, 0.05) is 25.1 Å². The van der Waals surface area contributed by atoms with Gasteiger partial charge in [0.15, 0.2) is 0 Å². The highest BCUT2D eigenvalue weighted by molar-refractivity contribution is 5.94. The maximum atomic E-state index is 13.6. The number of nitrogens with zero attached hydrogens (tertiary/aromatic N) is 1. The van der Waals surface area contributed by atoms with E-state index in [0.29, 0.717) is 19.0 Å². The molecular formula is C14H15F2NO2. The maximum absolute atomic E-state index is 13.6. The molecule has 1 saturated carbocycles. The fourth-order valence-corrected chi connectivity index (χ4v) is 3.24. The number of carbonyl (C=O) groups excluding carboxylic acids is 1. The highest BCUT2D eigenvalue weighted by Gasteiger charge is 2.43. The van der Waals surface area contributed by atoms with Gasteiger partial charge in [-0.25, -0.2) is 8.78 Å². The van der Waals surface area contributed by atoms with Crippen LogP contribution in [0.25, 0.3) is 0 Å². The van der Waals surface area contributed by atoms with Crippen LogP contribution in [0, 0.1) is 23.5 Å². The number of hydrogen-bond donors (Lipinski definition) is 1. The van der Waals surface area contributed by atoms with Crippen molar-refractivity contribution in [2.24, 2.45) is 11.8 Å². The molecule has 1 heterocycles. The van der Waals surface area contributed by atoms with Gasteiger partial charge in [-0.15, -0.1) is 0 Å². The molecule has 1 aromatic carbocycles. The molecule has 0 spiro atoms. The molecule has 1 amide bonds. The van der Waals surface area contributed by atoms with Crippen LogP contribution in [0.1, 0.15) is 23.2 Å². The number of aliphatic hydroxyl groups is 1. The van der Waals surface area contributed by atoms with Crippen molar-refractivity contribution >= 4 is 5.91 Å². The van der Waals surface area contributed by atoms with E-state index in [1.54, 1.807) is 4.90 Å². The van der Waals surface area contributed by atoms with E-state index in [2.05, 4.69) is 0 Å². The van der Waals surface area contributed by atoms with Gasteiger partial charge in [0.05, 0.1) is 11.7 Å². The van der Waals surface area contributed by atoms with Crippen molar-refractivity contribution in [3.8, 4) is 0 Å². The number of rotatable bonds is 1. The van der Waals surface area contributed by atoms with Crippen molar-refractivity contribution in [3.63, 3.8) is 0 Å². The summed E-state index contributed by atoms with van der Waals surface area (Å²) in [5.74, 6) is -1.53. The topological polar surface area (TPSA) is 40.5 Å². The molecule has 0 radical (unpaired) electrons. The lowest BCUT2D eigenvalue weighted by Crippen LogP contribution is -2.31. The van der Waals surface area contributed by atoms with Crippen LogP contribution in [0.3, 0.4) is 0 Å². The number of benzene rings is 1. The molecular weight excluding hydrogens is 252 g/mol. The Bertz CT molecular complexity index is 520. The van der Waals surface area contributed by atoms with Gasteiger partial charge >= 0.3 is 0 Å². The minimum atomic E-state index is -0.831. The van der Waals surface area contributed by atoms with E-state index in [9.17, 15) is 18.7 Å². The summed E-state index contributed by atoms with van der Waals surface area (Å²) < 4.78 is 26.4. The van der Waals surface area contributed by atoms with Gasteiger partial charge in [-0.1, -0.05) is 0 Å². The van der Waals surface area contributed by atoms with Crippen LogP contribution < -0.4 is 0 Å². The number of amides is 1. The summed E-state index contributed by atoms with van der Waals surface area (Å²) in [5.41, 5.74) is -0.101. The molecule has 3 unspecified atom stereocenters. The highest BCUT2D eigenvalue weighted by atomic mass is 19.1. The van der Waals surface area contributed by atoms with Crippen LogP contribution in [-0.2, 0) is 0 Å². The molecule has 102 valence electrons. The second-order valence-corrected chi connectivity index (χ2v) is 5.40. The van der Waals surface area contributed by atoms with E-state index in [-0.39, 0.29) is 17.6 Å². The zero-order chi connectivity index (χ0) is 13.6. The van der Waals surface area contributed by atoms with Gasteiger partial charge in [-0.05, 0) is 30.9 Å². The lowest BCUT2D eigenvalue weighted by Gasteiger charge is -2.18. The number of halogens is 2. The third-order valence-corrected chi connectivity index (χ3v) is 4.27. The third kappa shape index (κ3) is 2.12. The first-order valence-electron chi connectivity index (χ1n) is 6.48. The molecule has 0 bridgehead atoms. The molecule has 1 aliphatic carbocycles. The number of likely N-dealkylation sites (tertiary alicyclic amines) is 1. The first kappa shape index (κ1) is 12.5. The Kier molecular flexibility index (Phi) is 3.01. The first-order valence-corrected chi connectivity index (χ1v) is 6.48. The predicted molar refractivity (Wildman–Crippen MR) is 64.5 cm³/mol. The van der Waals surface area contributed by atoms with Gasteiger partial charge in [0.1, 0.15) is 11.6 Å². The molecule has 3 nitrogen and oxygen atoms in total. The lowest BCUT2D eigenvalue weighted by atomic mass is 10.00. The normalized spacial score (nSPS) is 29.6.